The fourth-order valence-corrected chi connectivity index (χ4v) is 2.35. The Morgan fingerprint density at radius 2 is 2.40 bits per heavy atom. The summed E-state index contributed by atoms with van der Waals surface area (Å²) in [7, 11) is 0. The lowest BCUT2D eigenvalue weighted by Crippen LogP contribution is -2.47. The molecular formula is C11H21NO2S. The van der Waals surface area contributed by atoms with E-state index >= 15 is 0 Å². The van der Waals surface area contributed by atoms with Gasteiger partial charge in [-0.15, -0.1) is 0 Å². The Bertz CT molecular complexity index is 235. The third-order valence-corrected chi connectivity index (χ3v) is 4.40. The zero-order valence-corrected chi connectivity index (χ0v) is 10.6. The molecule has 3 atom stereocenters. The van der Waals surface area contributed by atoms with Crippen molar-refractivity contribution in [3.8, 4) is 0 Å². The number of amides is 1. The lowest BCUT2D eigenvalue weighted by Gasteiger charge is -2.30. The summed E-state index contributed by atoms with van der Waals surface area (Å²) in [6.07, 6.45) is 5.02. The molecule has 0 aromatic heterocycles. The van der Waals surface area contributed by atoms with E-state index in [0.717, 1.165) is 19.3 Å². The van der Waals surface area contributed by atoms with E-state index < -0.39 is 0 Å². The highest BCUT2D eigenvalue weighted by Gasteiger charge is 2.39. The molecule has 0 radical (unpaired) electrons. The van der Waals surface area contributed by atoms with E-state index in [2.05, 4.69) is 12.2 Å². The second-order valence-corrected chi connectivity index (χ2v) is 5.82. The largest absolute Gasteiger partial charge is 0.396 e. The molecule has 15 heavy (non-hydrogen) atoms. The molecule has 0 aliphatic heterocycles. The summed E-state index contributed by atoms with van der Waals surface area (Å²) in [4.78, 5) is 11.7. The second-order valence-electron chi connectivity index (χ2n) is 4.64. The van der Waals surface area contributed by atoms with Crippen LogP contribution in [0.15, 0.2) is 0 Å². The maximum absolute atomic E-state index is 11.7. The van der Waals surface area contributed by atoms with Crippen LogP contribution in [0.3, 0.4) is 0 Å². The third-order valence-electron chi connectivity index (χ3n) is 3.48. The van der Waals surface area contributed by atoms with Crippen molar-refractivity contribution in [3.05, 3.63) is 0 Å². The Balaban J connectivity index is 2.54. The van der Waals surface area contributed by atoms with E-state index in [0.29, 0.717) is 0 Å². The van der Waals surface area contributed by atoms with Gasteiger partial charge in [-0.2, -0.15) is 11.8 Å². The minimum absolute atomic E-state index is 0.00598. The van der Waals surface area contributed by atoms with E-state index in [9.17, 15) is 9.90 Å². The van der Waals surface area contributed by atoms with Crippen LogP contribution >= 0.6 is 11.8 Å². The lowest BCUT2D eigenvalue weighted by molar-refractivity contribution is -0.121. The maximum atomic E-state index is 11.7. The van der Waals surface area contributed by atoms with Crippen molar-refractivity contribution in [2.75, 3.05) is 12.9 Å². The van der Waals surface area contributed by atoms with Crippen molar-refractivity contribution in [2.24, 2.45) is 5.41 Å². The van der Waals surface area contributed by atoms with Gasteiger partial charge in [-0.05, 0) is 26.0 Å². The van der Waals surface area contributed by atoms with Gasteiger partial charge in [0.05, 0.1) is 11.9 Å². The van der Waals surface area contributed by atoms with Crippen molar-refractivity contribution in [1.82, 2.24) is 5.32 Å². The predicted octanol–water partition coefficient (Wildman–Crippen LogP) is 1.41. The van der Waals surface area contributed by atoms with E-state index in [-0.39, 0.29) is 29.2 Å². The first-order chi connectivity index (χ1) is 7.03. The monoisotopic (exact) mass is 231 g/mol. The van der Waals surface area contributed by atoms with Gasteiger partial charge in [0.1, 0.15) is 0 Å². The van der Waals surface area contributed by atoms with Gasteiger partial charge in [-0.3, -0.25) is 4.79 Å². The summed E-state index contributed by atoms with van der Waals surface area (Å²) in [5.41, 5.74) is -0.117. The van der Waals surface area contributed by atoms with Crippen molar-refractivity contribution >= 4 is 17.7 Å². The average molecular weight is 231 g/mol. The normalized spacial score (nSPS) is 32.7. The molecule has 1 amide bonds. The molecule has 3 nitrogen and oxygen atoms in total. The fourth-order valence-electron chi connectivity index (χ4n) is 2.06. The summed E-state index contributed by atoms with van der Waals surface area (Å²) in [6, 6.07) is 0.143. The van der Waals surface area contributed by atoms with Crippen LogP contribution in [-0.4, -0.2) is 35.2 Å². The zero-order valence-electron chi connectivity index (χ0n) is 9.75. The van der Waals surface area contributed by atoms with Gasteiger partial charge < -0.3 is 10.4 Å². The number of carbonyl (C=O) groups is 1. The molecule has 0 saturated heterocycles. The smallest absolute Gasteiger partial charge is 0.233 e. The highest BCUT2D eigenvalue weighted by Crippen LogP contribution is 2.37. The number of carbonyl (C=O) groups excluding carboxylic acids is 1. The SMILES string of the molecule is CSC(C)C(=O)NC1CCCC1(C)CO. The molecule has 2 N–H and O–H groups in total. The third kappa shape index (κ3) is 2.88. The van der Waals surface area contributed by atoms with Crippen molar-refractivity contribution in [1.29, 1.82) is 0 Å². The molecule has 1 rings (SSSR count). The van der Waals surface area contributed by atoms with Crippen molar-refractivity contribution in [3.63, 3.8) is 0 Å². The fraction of sp³-hybridized carbons (Fsp3) is 0.909. The van der Waals surface area contributed by atoms with Crippen LogP contribution in [0.2, 0.25) is 0 Å². The highest BCUT2D eigenvalue weighted by molar-refractivity contribution is 7.99. The molecular weight excluding hydrogens is 210 g/mol. The predicted molar refractivity (Wildman–Crippen MR) is 64.0 cm³/mol. The molecule has 0 spiro atoms. The second kappa shape index (κ2) is 5.21. The van der Waals surface area contributed by atoms with Gasteiger partial charge in [-0.1, -0.05) is 13.3 Å². The quantitative estimate of drug-likeness (QED) is 0.769. The molecule has 0 heterocycles. The van der Waals surface area contributed by atoms with Gasteiger partial charge >= 0.3 is 0 Å². The van der Waals surface area contributed by atoms with Gasteiger partial charge in [0, 0.05) is 11.5 Å². The van der Waals surface area contributed by atoms with E-state index in [4.69, 9.17) is 0 Å². The van der Waals surface area contributed by atoms with Crippen LogP contribution in [0.5, 0.6) is 0 Å². The van der Waals surface area contributed by atoms with Crippen LogP contribution in [-0.2, 0) is 4.79 Å². The molecule has 1 aliphatic carbocycles. The molecule has 3 unspecified atom stereocenters. The van der Waals surface area contributed by atoms with Crippen LogP contribution < -0.4 is 5.32 Å². The molecule has 0 aromatic rings. The number of hydrogen-bond donors (Lipinski definition) is 2. The first kappa shape index (κ1) is 12.8. The van der Waals surface area contributed by atoms with Gasteiger partial charge in [0.15, 0.2) is 0 Å². The number of aliphatic hydroxyl groups is 1. The van der Waals surface area contributed by atoms with Gasteiger partial charge in [0.2, 0.25) is 5.91 Å². The maximum Gasteiger partial charge on any atom is 0.233 e. The summed E-state index contributed by atoms with van der Waals surface area (Å²) >= 11 is 1.55. The molecule has 1 saturated carbocycles. The number of rotatable bonds is 4. The Hall–Kier alpha value is -0.220. The first-order valence-corrected chi connectivity index (χ1v) is 6.76. The van der Waals surface area contributed by atoms with Crippen LogP contribution in [0.25, 0.3) is 0 Å². The number of hydrogen-bond acceptors (Lipinski definition) is 3. The number of aliphatic hydroxyl groups excluding tert-OH is 1. The van der Waals surface area contributed by atoms with E-state index in [1.165, 1.54) is 0 Å². The average Bonchev–Trinajstić information content (AvgIpc) is 2.60. The Morgan fingerprint density at radius 1 is 1.73 bits per heavy atom. The van der Waals surface area contributed by atoms with Crippen molar-refractivity contribution in [2.45, 2.75) is 44.4 Å². The van der Waals surface area contributed by atoms with Crippen molar-refractivity contribution < 1.29 is 9.90 Å². The highest BCUT2D eigenvalue weighted by atomic mass is 32.2. The van der Waals surface area contributed by atoms with Crippen LogP contribution in [0.1, 0.15) is 33.1 Å². The summed E-state index contributed by atoms with van der Waals surface area (Å²) in [6.45, 7) is 4.12. The summed E-state index contributed by atoms with van der Waals surface area (Å²) < 4.78 is 0. The first-order valence-electron chi connectivity index (χ1n) is 5.47. The van der Waals surface area contributed by atoms with Gasteiger partial charge in [0.25, 0.3) is 0 Å². The standard InChI is InChI=1S/C11H21NO2S/c1-8(15-3)10(14)12-9-5-4-6-11(9,2)7-13/h8-9,13H,4-7H2,1-3H3,(H,12,14). The minimum Gasteiger partial charge on any atom is -0.396 e. The topological polar surface area (TPSA) is 49.3 Å². The Morgan fingerprint density at radius 3 is 2.93 bits per heavy atom. The summed E-state index contributed by atoms with van der Waals surface area (Å²) in [5.74, 6) is 0.0917. The van der Waals surface area contributed by atoms with Crippen LogP contribution in [0, 0.1) is 5.41 Å². The molecule has 1 aliphatic rings. The molecule has 4 heteroatoms. The Labute approximate surface area is 96.0 Å². The number of thioether (sulfide) groups is 1. The van der Waals surface area contributed by atoms with Gasteiger partial charge in [-0.25, -0.2) is 0 Å². The lowest BCUT2D eigenvalue weighted by atomic mass is 9.86. The summed E-state index contributed by atoms with van der Waals surface area (Å²) in [5, 5.41) is 12.4. The van der Waals surface area contributed by atoms with Crippen LogP contribution in [0.4, 0.5) is 0 Å². The molecule has 0 aromatic carbocycles. The molecule has 1 fully saturated rings. The zero-order chi connectivity index (χ0) is 11.5. The molecule has 0 bridgehead atoms. The van der Waals surface area contributed by atoms with E-state index in [1.54, 1.807) is 11.8 Å². The number of nitrogens with one attached hydrogen (secondary N) is 1. The Kier molecular flexibility index (Phi) is 4.46. The molecule has 88 valence electrons. The van der Waals surface area contributed by atoms with E-state index in [1.807, 2.05) is 13.2 Å². The minimum atomic E-state index is -0.117.